The van der Waals surface area contributed by atoms with Gasteiger partial charge in [-0.3, -0.25) is 4.79 Å². The van der Waals surface area contributed by atoms with Gasteiger partial charge in [0.05, 0.1) is 5.57 Å². The fraction of sp³-hybridized carbons (Fsp3) is 0.273. The molecule has 1 heterocycles. The molecular weight excluding hydrogens is 342 g/mol. The lowest BCUT2D eigenvalue weighted by Crippen LogP contribution is -2.31. The number of ether oxygens (including phenoxy) is 2. The van der Waals surface area contributed by atoms with Crippen molar-refractivity contribution < 1.29 is 19.1 Å². The van der Waals surface area contributed by atoms with Crippen molar-refractivity contribution in [2.45, 2.75) is 20.4 Å². The first kappa shape index (κ1) is 18.7. The molecule has 140 valence electrons. The predicted octanol–water partition coefficient (Wildman–Crippen LogP) is 3.28. The molecule has 5 heteroatoms. The molecule has 2 aromatic rings. The minimum atomic E-state index is -0.530. The van der Waals surface area contributed by atoms with E-state index in [1.165, 1.54) is 5.56 Å². The molecule has 0 saturated carbocycles. The Morgan fingerprint density at radius 2 is 1.93 bits per heavy atom. The standard InChI is InChI=1S/C22H23NO4/c1-15-8-9-18(16(2)10-15)12-23(3)21(24)14-27-22(25)19-11-17-6-4-5-7-20(17)26-13-19/h4-11H,12-14H2,1-3H3. The highest BCUT2D eigenvalue weighted by atomic mass is 16.5. The molecule has 0 aromatic heterocycles. The Hall–Kier alpha value is -3.08. The fourth-order valence-corrected chi connectivity index (χ4v) is 2.93. The number of carbonyl (C=O) groups excluding carboxylic acids is 2. The Morgan fingerprint density at radius 3 is 2.70 bits per heavy atom. The summed E-state index contributed by atoms with van der Waals surface area (Å²) in [7, 11) is 1.70. The Morgan fingerprint density at radius 1 is 1.15 bits per heavy atom. The van der Waals surface area contributed by atoms with Crippen molar-refractivity contribution in [2.24, 2.45) is 0 Å². The average molecular weight is 365 g/mol. The van der Waals surface area contributed by atoms with Crippen molar-refractivity contribution in [3.63, 3.8) is 0 Å². The summed E-state index contributed by atoms with van der Waals surface area (Å²) in [6, 6.07) is 13.6. The normalized spacial score (nSPS) is 12.5. The van der Waals surface area contributed by atoms with Crippen LogP contribution in [0.1, 0.15) is 22.3 Å². The zero-order valence-electron chi connectivity index (χ0n) is 15.8. The van der Waals surface area contributed by atoms with Crippen LogP contribution in [0, 0.1) is 13.8 Å². The number of amides is 1. The SMILES string of the molecule is Cc1ccc(CN(C)C(=O)COC(=O)C2=Cc3ccccc3OC2)c(C)c1. The van der Waals surface area contributed by atoms with Gasteiger partial charge in [-0.25, -0.2) is 4.79 Å². The average Bonchev–Trinajstić information content (AvgIpc) is 2.67. The van der Waals surface area contributed by atoms with Crippen LogP contribution < -0.4 is 4.74 Å². The first-order valence-corrected chi connectivity index (χ1v) is 8.83. The van der Waals surface area contributed by atoms with E-state index in [1.54, 1.807) is 18.0 Å². The molecule has 0 N–H and O–H groups in total. The van der Waals surface area contributed by atoms with Gasteiger partial charge < -0.3 is 14.4 Å². The van der Waals surface area contributed by atoms with Gasteiger partial charge in [0.25, 0.3) is 5.91 Å². The highest BCUT2D eigenvalue weighted by Gasteiger charge is 2.20. The minimum absolute atomic E-state index is 0.141. The maximum absolute atomic E-state index is 12.3. The molecule has 1 aliphatic heterocycles. The lowest BCUT2D eigenvalue weighted by Gasteiger charge is -2.20. The summed E-state index contributed by atoms with van der Waals surface area (Å²) < 4.78 is 10.7. The summed E-state index contributed by atoms with van der Waals surface area (Å²) in [6.45, 7) is 4.38. The van der Waals surface area contributed by atoms with Gasteiger partial charge in [0.15, 0.2) is 6.61 Å². The Bertz CT molecular complexity index is 901. The van der Waals surface area contributed by atoms with E-state index in [4.69, 9.17) is 9.47 Å². The van der Waals surface area contributed by atoms with Crippen molar-refractivity contribution in [3.8, 4) is 5.75 Å². The third-order valence-electron chi connectivity index (χ3n) is 4.55. The summed E-state index contributed by atoms with van der Waals surface area (Å²) in [5.74, 6) is -0.0443. The van der Waals surface area contributed by atoms with Gasteiger partial charge in [0.1, 0.15) is 12.4 Å². The summed E-state index contributed by atoms with van der Waals surface area (Å²) in [4.78, 5) is 26.1. The van der Waals surface area contributed by atoms with E-state index in [2.05, 4.69) is 6.07 Å². The van der Waals surface area contributed by atoms with Crippen molar-refractivity contribution in [1.82, 2.24) is 4.90 Å². The second-order valence-electron chi connectivity index (χ2n) is 6.75. The van der Waals surface area contributed by atoms with Crippen LogP contribution in [0.3, 0.4) is 0 Å². The van der Waals surface area contributed by atoms with Gasteiger partial charge in [-0.2, -0.15) is 0 Å². The van der Waals surface area contributed by atoms with Crippen LogP contribution in [0.4, 0.5) is 0 Å². The summed E-state index contributed by atoms with van der Waals surface area (Å²) >= 11 is 0. The van der Waals surface area contributed by atoms with E-state index in [-0.39, 0.29) is 19.1 Å². The zero-order valence-corrected chi connectivity index (χ0v) is 15.8. The first-order chi connectivity index (χ1) is 12.9. The second kappa shape index (κ2) is 8.08. The second-order valence-corrected chi connectivity index (χ2v) is 6.75. The number of hydrogen-bond acceptors (Lipinski definition) is 4. The summed E-state index contributed by atoms with van der Waals surface area (Å²) in [6.07, 6.45) is 1.74. The molecule has 0 atom stereocenters. The van der Waals surface area contributed by atoms with Crippen LogP contribution in [0.25, 0.3) is 6.08 Å². The molecule has 5 nitrogen and oxygen atoms in total. The number of fused-ring (bicyclic) bond motifs is 1. The predicted molar refractivity (Wildman–Crippen MR) is 103 cm³/mol. The van der Waals surface area contributed by atoms with E-state index in [0.717, 1.165) is 22.4 Å². The Balaban J connectivity index is 1.55. The lowest BCUT2D eigenvalue weighted by atomic mass is 10.1. The van der Waals surface area contributed by atoms with Gasteiger partial charge >= 0.3 is 5.97 Å². The van der Waals surface area contributed by atoms with E-state index in [9.17, 15) is 9.59 Å². The molecule has 0 unspecified atom stereocenters. The fourth-order valence-electron chi connectivity index (χ4n) is 2.93. The summed E-state index contributed by atoms with van der Waals surface area (Å²) in [5.41, 5.74) is 4.62. The van der Waals surface area contributed by atoms with Crippen LogP contribution in [-0.2, 0) is 20.9 Å². The number of aryl methyl sites for hydroxylation is 2. The van der Waals surface area contributed by atoms with Gasteiger partial charge in [-0.05, 0) is 37.1 Å². The van der Waals surface area contributed by atoms with E-state index in [0.29, 0.717) is 12.1 Å². The quantitative estimate of drug-likeness (QED) is 0.763. The molecule has 1 amide bonds. The molecule has 0 aliphatic carbocycles. The molecular formula is C22H23NO4. The smallest absolute Gasteiger partial charge is 0.338 e. The number of para-hydroxylation sites is 1. The van der Waals surface area contributed by atoms with Gasteiger partial charge in [0, 0.05) is 19.2 Å². The topological polar surface area (TPSA) is 55.8 Å². The number of benzene rings is 2. The highest BCUT2D eigenvalue weighted by Crippen LogP contribution is 2.26. The third-order valence-corrected chi connectivity index (χ3v) is 4.55. The molecule has 0 saturated heterocycles. The Labute approximate surface area is 159 Å². The number of hydrogen-bond donors (Lipinski definition) is 0. The zero-order chi connectivity index (χ0) is 19.4. The molecule has 0 bridgehead atoms. The number of nitrogens with zero attached hydrogens (tertiary/aromatic N) is 1. The molecule has 0 spiro atoms. The molecule has 0 radical (unpaired) electrons. The van der Waals surface area contributed by atoms with E-state index in [1.807, 2.05) is 50.2 Å². The maximum atomic E-state index is 12.3. The van der Waals surface area contributed by atoms with Crippen LogP contribution in [-0.4, -0.2) is 37.0 Å². The van der Waals surface area contributed by atoms with Crippen molar-refractivity contribution in [2.75, 3.05) is 20.3 Å². The molecule has 1 aliphatic rings. The lowest BCUT2D eigenvalue weighted by molar-refractivity contribution is -0.148. The largest absolute Gasteiger partial charge is 0.488 e. The number of likely N-dealkylation sites (N-methyl/N-ethyl adjacent to an activating group) is 1. The first-order valence-electron chi connectivity index (χ1n) is 8.83. The van der Waals surface area contributed by atoms with Crippen LogP contribution in [0.2, 0.25) is 0 Å². The molecule has 27 heavy (non-hydrogen) atoms. The van der Waals surface area contributed by atoms with Crippen molar-refractivity contribution >= 4 is 18.0 Å². The van der Waals surface area contributed by atoms with Gasteiger partial charge in [-0.15, -0.1) is 0 Å². The Kier molecular flexibility index (Phi) is 5.60. The third kappa shape index (κ3) is 4.56. The van der Waals surface area contributed by atoms with Crippen LogP contribution in [0.5, 0.6) is 5.75 Å². The van der Waals surface area contributed by atoms with Crippen LogP contribution >= 0.6 is 0 Å². The van der Waals surface area contributed by atoms with Gasteiger partial charge in [-0.1, -0.05) is 42.0 Å². The summed E-state index contributed by atoms with van der Waals surface area (Å²) in [5, 5.41) is 0. The molecule has 2 aromatic carbocycles. The molecule has 3 rings (SSSR count). The van der Waals surface area contributed by atoms with Crippen LogP contribution in [0.15, 0.2) is 48.0 Å². The number of carbonyl (C=O) groups is 2. The van der Waals surface area contributed by atoms with Crippen molar-refractivity contribution in [1.29, 1.82) is 0 Å². The van der Waals surface area contributed by atoms with Gasteiger partial charge in [0.2, 0.25) is 0 Å². The molecule has 0 fully saturated rings. The number of esters is 1. The monoisotopic (exact) mass is 365 g/mol. The van der Waals surface area contributed by atoms with E-state index >= 15 is 0 Å². The number of rotatable bonds is 5. The van der Waals surface area contributed by atoms with Crippen molar-refractivity contribution in [3.05, 3.63) is 70.3 Å². The highest BCUT2D eigenvalue weighted by molar-refractivity contribution is 5.96. The maximum Gasteiger partial charge on any atom is 0.338 e. The van der Waals surface area contributed by atoms with E-state index < -0.39 is 5.97 Å². The minimum Gasteiger partial charge on any atom is -0.488 e.